The van der Waals surface area contributed by atoms with E-state index in [4.69, 9.17) is 0 Å². The number of aryl methyl sites for hydroxylation is 1. The number of hydrogen-bond donors (Lipinski definition) is 1. The zero-order valence-corrected chi connectivity index (χ0v) is 10.6. The van der Waals surface area contributed by atoms with Crippen molar-refractivity contribution in [3.05, 3.63) is 35.4 Å². The molecule has 1 aromatic rings. The molecule has 92 valence electrons. The molecular weight excluding hydrogens is 206 g/mol. The first kappa shape index (κ1) is 11.3. The second-order valence-corrected chi connectivity index (χ2v) is 5.71. The van der Waals surface area contributed by atoms with Gasteiger partial charge in [-0.2, -0.15) is 0 Å². The normalized spacial score (nSPS) is 24.8. The Hall–Kier alpha value is -0.820. The van der Waals surface area contributed by atoms with Crippen LogP contribution in [0.1, 0.15) is 49.1 Å². The van der Waals surface area contributed by atoms with Crippen LogP contribution in [0.5, 0.6) is 0 Å². The van der Waals surface area contributed by atoms with E-state index in [2.05, 4.69) is 29.6 Å². The van der Waals surface area contributed by atoms with Crippen LogP contribution in [0.25, 0.3) is 0 Å². The van der Waals surface area contributed by atoms with Crippen LogP contribution in [-0.4, -0.2) is 13.1 Å². The van der Waals surface area contributed by atoms with E-state index in [0.717, 1.165) is 11.8 Å². The molecule has 1 unspecified atom stereocenters. The number of benzene rings is 1. The van der Waals surface area contributed by atoms with Crippen molar-refractivity contribution in [1.82, 2.24) is 5.32 Å². The van der Waals surface area contributed by atoms with Crippen molar-refractivity contribution in [3.8, 4) is 0 Å². The Kier molecular flexibility index (Phi) is 3.46. The summed E-state index contributed by atoms with van der Waals surface area (Å²) in [7, 11) is 0. The van der Waals surface area contributed by atoms with Crippen LogP contribution < -0.4 is 5.32 Å². The lowest BCUT2D eigenvalue weighted by atomic mass is 9.87. The molecule has 17 heavy (non-hydrogen) atoms. The first-order valence-electron chi connectivity index (χ1n) is 7.22. The van der Waals surface area contributed by atoms with E-state index in [1.165, 1.54) is 51.6 Å². The molecule has 1 saturated heterocycles. The smallest absolute Gasteiger partial charge is 0.00463 e. The molecule has 1 aliphatic carbocycles. The minimum absolute atomic E-state index is 0.862. The third-order valence-electron chi connectivity index (χ3n) is 4.64. The van der Waals surface area contributed by atoms with E-state index in [0.29, 0.717) is 0 Å². The summed E-state index contributed by atoms with van der Waals surface area (Å²) in [5.41, 5.74) is 3.27. The van der Waals surface area contributed by atoms with Crippen LogP contribution in [0.3, 0.4) is 0 Å². The average molecular weight is 229 g/mol. The van der Waals surface area contributed by atoms with Crippen molar-refractivity contribution in [3.63, 3.8) is 0 Å². The molecule has 1 atom stereocenters. The molecule has 0 saturated carbocycles. The summed E-state index contributed by atoms with van der Waals surface area (Å²) in [6.45, 7) is 2.48. The third kappa shape index (κ3) is 2.55. The number of piperidine rings is 1. The summed E-state index contributed by atoms with van der Waals surface area (Å²) >= 11 is 0. The van der Waals surface area contributed by atoms with E-state index >= 15 is 0 Å². The maximum atomic E-state index is 3.46. The maximum absolute atomic E-state index is 3.46. The van der Waals surface area contributed by atoms with Crippen molar-refractivity contribution in [2.24, 2.45) is 5.92 Å². The van der Waals surface area contributed by atoms with Gasteiger partial charge in [0.25, 0.3) is 0 Å². The monoisotopic (exact) mass is 229 g/mol. The van der Waals surface area contributed by atoms with Crippen molar-refractivity contribution >= 4 is 0 Å². The highest BCUT2D eigenvalue weighted by molar-refractivity contribution is 5.34. The highest BCUT2D eigenvalue weighted by Crippen LogP contribution is 2.37. The largest absolute Gasteiger partial charge is 0.317 e. The first-order valence-corrected chi connectivity index (χ1v) is 7.22. The minimum Gasteiger partial charge on any atom is -0.317 e. The predicted octanol–water partition coefficient (Wildman–Crippen LogP) is 3.50. The predicted molar refractivity (Wildman–Crippen MR) is 72.3 cm³/mol. The molecule has 0 bridgehead atoms. The van der Waals surface area contributed by atoms with Gasteiger partial charge >= 0.3 is 0 Å². The van der Waals surface area contributed by atoms with Crippen molar-refractivity contribution in [2.75, 3.05) is 13.1 Å². The molecule has 1 aromatic carbocycles. The molecule has 0 spiro atoms. The Balaban J connectivity index is 1.56. The van der Waals surface area contributed by atoms with Crippen molar-refractivity contribution in [2.45, 2.75) is 44.4 Å². The summed E-state index contributed by atoms with van der Waals surface area (Å²) in [5.74, 6) is 1.85. The van der Waals surface area contributed by atoms with Crippen LogP contribution >= 0.6 is 0 Å². The molecule has 3 rings (SSSR count). The Morgan fingerprint density at radius 3 is 2.71 bits per heavy atom. The summed E-state index contributed by atoms with van der Waals surface area (Å²) in [6.07, 6.45) is 8.36. The molecule has 1 N–H and O–H groups in total. The topological polar surface area (TPSA) is 12.0 Å². The zero-order valence-electron chi connectivity index (χ0n) is 10.6. The van der Waals surface area contributed by atoms with E-state index < -0.39 is 0 Å². The van der Waals surface area contributed by atoms with Crippen LogP contribution in [-0.2, 0) is 6.42 Å². The van der Waals surface area contributed by atoms with Gasteiger partial charge in [-0.1, -0.05) is 24.3 Å². The molecule has 0 amide bonds. The Morgan fingerprint density at radius 2 is 1.82 bits per heavy atom. The number of fused-ring (bicyclic) bond motifs is 1. The molecule has 1 heteroatoms. The van der Waals surface area contributed by atoms with Crippen LogP contribution in [0.15, 0.2) is 24.3 Å². The standard InChI is InChI=1S/C16H23N/c1-2-4-16-14(3-1)7-8-15(16)6-5-13-9-11-17-12-10-13/h1-4,13,15,17H,5-12H2. The molecule has 0 aromatic heterocycles. The van der Waals surface area contributed by atoms with Crippen molar-refractivity contribution in [1.29, 1.82) is 0 Å². The van der Waals surface area contributed by atoms with Gasteiger partial charge in [-0.3, -0.25) is 0 Å². The lowest BCUT2D eigenvalue weighted by molar-refractivity contribution is 0.336. The second kappa shape index (κ2) is 5.22. The maximum Gasteiger partial charge on any atom is -0.00463 e. The SMILES string of the molecule is c1ccc2c(c1)CCC2CCC1CCNCC1. The fraction of sp³-hybridized carbons (Fsp3) is 0.625. The van der Waals surface area contributed by atoms with Gasteiger partial charge in [-0.05, 0) is 74.6 Å². The van der Waals surface area contributed by atoms with Gasteiger partial charge in [0.1, 0.15) is 0 Å². The lowest BCUT2D eigenvalue weighted by Gasteiger charge is -2.24. The fourth-order valence-corrected chi connectivity index (χ4v) is 3.55. The number of nitrogens with one attached hydrogen (secondary N) is 1. The van der Waals surface area contributed by atoms with Crippen LogP contribution in [0.4, 0.5) is 0 Å². The average Bonchev–Trinajstić information content (AvgIpc) is 2.81. The summed E-state index contributed by atoms with van der Waals surface area (Å²) in [4.78, 5) is 0. The molecular formula is C16H23N. The molecule has 2 aliphatic rings. The van der Waals surface area contributed by atoms with Gasteiger partial charge in [0, 0.05) is 0 Å². The third-order valence-corrected chi connectivity index (χ3v) is 4.64. The van der Waals surface area contributed by atoms with Crippen LogP contribution in [0, 0.1) is 5.92 Å². The van der Waals surface area contributed by atoms with Gasteiger partial charge in [-0.15, -0.1) is 0 Å². The molecule has 1 aliphatic heterocycles. The van der Waals surface area contributed by atoms with Gasteiger partial charge in [0.05, 0.1) is 0 Å². The molecule has 1 nitrogen and oxygen atoms in total. The number of rotatable bonds is 3. The summed E-state index contributed by atoms with van der Waals surface area (Å²) < 4.78 is 0. The second-order valence-electron chi connectivity index (χ2n) is 5.71. The molecule has 1 heterocycles. The van der Waals surface area contributed by atoms with Gasteiger partial charge < -0.3 is 5.32 Å². The first-order chi connectivity index (χ1) is 8.43. The Labute approximate surface area is 105 Å². The molecule has 1 fully saturated rings. The zero-order chi connectivity index (χ0) is 11.5. The van der Waals surface area contributed by atoms with E-state index in [-0.39, 0.29) is 0 Å². The lowest BCUT2D eigenvalue weighted by Crippen LogP contribution is -2.27. The summed E-state index contributed by atoms with van der Waals surface area (Å²) in [5, 5.41) is 3.46. The van der Waals surface area contributed by atoms with Gasteiger partial charge in [0.15, 0.2) is 0 Å². The van der Waals surface area contributed by atoms with Crippen molar-refractivity contribution < 1.29 is 0 Å². The minimum atomic E-state index is 0.862. The highest BCUT2D eigenvalue weighted by atomic mass is 14.9. The van der Waals surface area contributed by atoms with E-state index in [9.17, 15) is 0 Å². The Bertz CT molecular complexity index is 366. The van der Waals surface area contributed by atoms with Crippen LogP contribution in [0.2, 0.25) is 0 Å². The van der Waals surface area contributed by atoms with E-state index in [1.807, 2.05) is 0 Å². The van der Waals surface area contributed by atoms with E-state index in [1.54, 1.807) is 11.1 Å². The molecule has 0 radical (unpaired) electrons. The summed E-state index contributed by atoms with van der Waals surface area (Å²) in [6, 6.07) is 9.07. The highest BCUT2D eigenvalue weighted by Gasteiger charge is 2.23. The van der Waals surface area contributed by atoms with Gasteiger partial charge in [-0.25, -0.2) is 0 Å². The van der Waals surface area contributed by atoms with Gasteiger partial charge in [0.2, 0.25) is 0 Å². The fourth-order valence-electron chi connectivity index (χ4n) is 3.55. The Morgan fingerprint density at radius 1 is 1.00 bits per heavy atom. The quantitative estimate of drug-likeness (QED) is 0.836. The number of hydrogen-bond acceptors (Lipinski definition) is 1.